The topological polar surface area (TPSA) is 108 Å². The molecular formula is C19H27Cl2N7O2. The van der Waals surface area contributed by atoms with Crippen molar-refractivity contribution in [3.63, 3.8) is 0 Å². The molecule has 5 rings (SSSR count). The smallest absolute Gasteiger partial charge is 0.232 e. The monoisotopic (exact) mass is 455 g/mol. The summed E-state index contributed by atoms with van der Waals surface area (Å²) in [5.41, 5.74) is 13.6. The van der Waals surface area contributed by atoms with E-state index < -0.39 is 0 Å². The number of amides is 1. The van der Waals surface area contributed by atoms with Gasteiger partial charge >= 0.3 is 0 Å². The number of nitrogens with zero attached hydrogens (tertiary/aromatic N) is 3. The highest BCUT2D eigenvalue weighted by atomic mass is 35.5. The number of nitrogens with one attached hydrogen (secondary N) is 3. The fourth-order valence-electron chi connectivity index (χ4n) is 5.31. The van der Waals surface area contributed by atoms with E-state index in [4.69, 9.17) is 33.7 Å². The summed E-state index contributed by atoms with van der Waals surface area (Å²) >= 11 is 12.5. The zero-order valence-corrected chi connectivity index (χ0v) is 18.3. The zero-order chi connectivity index (χ0) is 21.0. The lowest BCUT2D eigenvalue weighted by molar-refractivity contribution is -0.151. The van der Waals surface area contributed by atoms with Crippen LogP contribution in [0, 0.1) is 11.3 Å². The Balaban J connectivity index is 1.31. The van der Waals surface area contributed by atoms with Crippen molar-refractivity contribution in [2.45, 2.75) is 37.4 Å². The Morgan fingerprint density at radius 3 is 2.77 bits per heavy atom. The summed E-state index contributed by atoms with van der Waals surface area (Å²) in [6, 6.07) is 1.59. The molecule has 1 aromatic heterocycles. The molecule has 1 spiro atoms. The number of aromatic nitrogens is 1. The van der Waals surface area contributed by atoms with Gasteiger partial charge in [-0.2, -0.15) is 0 Å². The fraction of sp³-hybridized carbons (Fsp3) is 0.684. The molecule has 11 heteroatoms. The van der Waals surface area contributed by atoms with Crippen molar-refractivity contribution >= 4 is 29.1 Å². The molecule has 0 aromatic carbocycles. The lowest BCUT2D eigenvalue weighted by Gasteiger charge is -2.49. The minimum Gasteiger partial charge on any atom is -0.379 e. The summed E-state index contributed by atoms with van der Waals surface area (Å²) in [4.78, 5) is 21.5. The first-order valence-corrected chi connectivity index (χ1v) is 11.1. The highest BCUT2D eigenvalue weighted by Crippen LogP contribution is 2.41. The molecule has 0 aliphatic carbocycles. The maximum absolute atomic E-state index is 13.4. The Labute approximate surface area is 185 Å². The number of nitrogens with two attached hydrogens (primary N) is 1. The summed E-state index contributed by atoms with van der Waals surface area (Å²) in [5, 5.41) is 4.20. The molecule has 5 heterocycles. The van der Waals surface area contributed by atoms with Gasteiger partial charge in [-0.15, -0.1) is 0 Å². The number of ether oxygens (including phenoxy) is 1. The third-order valence-corrected chi connectivity index (χ3v) is 8.05. The van der Waals surface area contributed by atoms with Crippen LogP contribution in [-0.4, -0.2) is 72.5 Å². The summed E-state index contributed by atoms with van der Waals surface area (Å²) in [6.07, 6.45) is 3.15. The largest absolute Gasteiger partial charge is 0.379 e. The van der Waals surface area contributed by atoms with Crippen molar-refractivity contribution in [2.75, 3.05) is 33.4 Å². The standard InChI is InChI=1S/C19H27Cl2N7O2/c1-27-17(29)12-14(10-2-5-23-15(21)13(10)20)25-26-16(12)24-18(27)28-6-3-19(4-7-28)9-30-8-11(19)22/h2,5,11-12,14,16,18,24-26H,3-4,6-9,22H2,1H3/t11-,12?,14?,16?,18?/m1/s1. The van der Waals surface area contributed by atoms with Crippen molar-refractivity contribution in [2.24, 2.45) is 17.1 Å². The number of piperidine rings is 1. The Kier molecular flexibility index (Phi) is 5.44. The van der Waals surface area contributed by atoms with Crippen LogP contribution in [0.1, 0.15) is 24.4 Å². The summed E-state index contributed by atoms with van der Waals surface area (Å²) in [7, 11) is 1.85. The average Bonchev–Trinajstić information content (AvgIpc) is 3.32. The molecule has 5 N–H and O–H groups in total. The predicted molar refractivity (Wildman–Crippen MR) is 112 cm³/mol. The second-order valence-electron chi connectivity index (χ2n) is 8.78. The molecule has 1 amide bonds. The van der Waals surface area contributed by atoms with Crippen molar-refractivity contribution in [1.82, 2.24) is 31.0 Å². The fourth-order valence-corrected chi connectivity index (χ4v) is 5.70. The molecule has 1 aromatic rings. The highest BCUT2D eigenvalue weighted by molar-refractivity contribution is 6.41. The first kappa shape index (κ1) is 20.8. The number of hydrogen-bond acceptors (Lipinski definition) is 8. The van der Waals surface area contributed by atoms with Crippen molar-refractivity contribution in [1.29, 1.82) is 0 Å². The highest BCUT2D eigenvalue weighted by Gasteiger charge is 2.52. The summed E-state index contributed by atoms with van der Waals surface area (Å²) < 4.78 is 5.63. The lowest BCUT2D eigenvalue weighted by atomic mass is 9.75. The number of hydrazine groups is 1. The number of hydrogen-bond donors (Lipinski definition) is 4. The summed E-state index contributed by atoms with van der Waals surface area (Å²) in [6.45, 7) is 3.11. The van der Waals surface area contributed by atoms with E-state index in [1.807, 2.05) is 7.05 Å². The van der Waals surface area contributed by atoms with E-state index in [0.717, 1.165) is 38.1 Å². The SMILES string of the molecule is CN1C(=O)C2C(NNC2c2ccnc(Cl)c2Cl)NC1N1CCC2(CC1)COC[C@H]2N. The van der Waals surface area contributed by atoms with E-state index in [-0.39, 0.29) is 46.9 Å². The number of halogens is 2. The Morgan fingerprint density at radius 2 is 2.07 bits per heavy atom. The maximum Gasteiger partial charge on any atom is 0.232 e. The van der Waals surface area contributed by atoms with Crippen LogP contribution in [0.4, 0.5) is 0 Å². The van der Waals surface area contributed by atoms with Gasteiger partial charge in [-0.1, -0.05) is 23.2 Å². The van der Waals surface area contributed by atoms with E-state index in [1.165, 1.54) is 0 Å². The molecule has 0 saturated carbocycles. The van der Waals surface area contributed by atoms with Crippen LogP contribution in [0.3, 0.4) is 0 Å². The maximum atomic E-state index is 13.4. The molecule has 5 atom stereocenters. The van der Waals surface area contributed by atoms with Crippen LogP contribution in [0.25, 0.3) is 0 Å². The van der Waals surface area contributed by atoms with Crippen LogP contribution < -0.4 is 21.9 Å². The molecule has 164 valence electrons. The number of likely N-dealkylation sites (tertiary alicyclic amines) is 1. The predicted octanol–water partition coefficient (Wildman–Crippen LogP) is 0.265. The first-order valence-electron chi connectivity index (χ1n) is 10.3. The molecule has 9 nitrogen and oxygen atoms in total. The van der Waals surface area contributed by atoms with E-state index in [2.05, 4.69) is 26.1 Å². The molecular weight excluding hydrogens is 429 g/mol. The van der Waals surface area contributed by atoms with Gasteiger partial charge in [0.25, 0.3) is 0 Å². The van der Waals surface area contributed by atoms with Gasteiger partial charge in [-0.3, -0.25) is 15.0 Å². The van der Waals surface area contributed by atoms with Crippen LogP contribution in [0.15, 0.2) is 12.3 Å². The van der Waals surface area contributed by atoms with Gasteiger partial charge in [0.2, 0.25) is 5.91 Å². The zero-order valence-electron chi connectivity index (χ0n) is 16.8. The van der Waals surface area contributed by atoms with Gasteiger partial charge in [0.05, 0.1) is 36.4 Å². The van der Waals surface area contributed by atoms with E-state index in [0.29, 0.717) is 11.6 Å². The second kappa shape index (κ2) is 7.83. The van der Waals surface area contributed by atoms with Crippen molar-refractivity contribution in [3.05, 3.63) is 28.0 Å². The molecule has 30 heavy (non-hydrogen) atoms. The van der Waals surface area contributed by atoms with Gasteiger partial charge in [-0.25, -0.2) is 15.8 Å². The Hall–Kier alpha value is -1.04. The molecule has 4 aliphatic rings. The van der Waals surface area contributed by atoms with Gasteiger partial charge in [0.15, 0.2) is 0 Å². The molecule has 4 unspecified atom stereocenters. The van der Waals surface area contributed by atoms with Crippen molar-refractivity contribution in [3.8, 4) is 0 Å². The normalized spacial score (nSPS) is 36.5. The quantitative estimate of drug-likeness (QED) is 0.470. The van der Waals surface area contributed by atoms with Gasteiger partial charge in [0, 0.05) is 37.8 Å². The molecule has 0 bridgehead atoms. The number of rotatable bonds is 2. The third kappa shape index (κ3) is 3.23. The second-order valence-corrected chi connectivity index (χ2v) is 9.52. The Bertz CT molecular complexity index is 835. The number of fused-ring (bicyclic) bond motifs is 1. The van der Waals surface area contributed by atoms with Gasteiger partial charge in [-0.05, 0) is 24.5 Å². The summed E-state index contributed by atoms with van der Waals surface area (Å²) in [5.74, 6) is -0.300. The Morgan fingerprint density at radius 1 is 1.30 bits per heavy atom. The van der Waals surface area contributed by atoms with Crippen LogP contribution in [-0.2, 0) is 9.53 Å². The van der Waals surface area contributed by atoms with E-state index in [9.17, 15) is 4.79 Å². The first-order chi connectivity index (χ1) is 14.4. The molecule has 0 radical (unpaired) electrons. The van der Waals surface area contributed by atoms with Crippen LogP contribution in [0.5, 0.6) is 0 Å². The molecule has 4 aliphatic heterocycles. The minimum absolute atomic E-state index is 0.0523. The molecule has 4 saturated heterocycles. The van der Waals surface area contributed by atoms with E-state index in [1.54, 1.807) is 17.2 Å². The van der Waals surface area contributed by atoms with Crippen molar-refractivity contribution < 1.29 is 9.53 Å². The van der Waals surface area contributed by atoms with E-state index >= 15 is 0 Å². The number of pyridine rings is 1. The van der Waals surface area contributed by atoms with Gasteiger partial charge < -0.3 is 15.4 Å². The number of carbonyl (C=O) groups excluding carboxylic acids is 1. The third-order valence-electron chi connectivity index (χ3n) is 7.27. The average molecular weight is 456 g/mol. The van der Waals surface area contributed by atoms with Crippen LogP contribution in [0.2, 0.25) is 10.2 Å². The van der Waals surface area contributed by atoms with Gasteiger partial charge in [0.1, 0.15) is 11.4 Å². The lowest BCUT2D eigenvalue weighted by Crippen LogP contribution is -2.70. The minimum atomic E-state index is -0.352. The van der Waals surface area contributed by atoms with Crippen LogP contribution >= 0.6 is 23.2 Å². The molecule has 4 fully saturated rings. The number of carbonyl (C=O) groups is 1.